The van der Waals surface area contributed by atoms with Crippen LogP contribution in [0.4, 0.5) is 0 Å². The van der Waals surface area contributed by atoms with Crippen molar-refractivity contribution in [3.8, 4) is 17.2 Å². The molecule has 0 saturated carbocycles. The number of ether oxygens (including phenoxy) is 1. The molecule has 0 spiro atoms. The number of nitrogens with zero attached hydrogens (tertiary/aromatic N) is 2. The Balaban J connectivity index is 1.92. The smallest absolute Gasteiger partial charge is 0.257 e. The third kappa shape index (κ3) is 4.30. The van der Waals surface area contributed by atoms with Gasteiger partial charge in [-0.05, 0) is 30.7 Å². The van der Waals surface area contributed by atoms with E-state index in [0.717, 1.165) is 24.2 Å². The highest BCUT2D eigenvalue weighted by molar-refractivity contribution is 5.75. The molecule has 0 aliphatic heterocycles. The van der Waals surface area contributed by atoms with Gasteiger partial charge in [0.25, 0.3) is 5.89 Å². The molecule has 1 amide bonds. The van der Waals surface area contributed by atoms with Gasteiger partial charge in [0.15, 0.2) is 5.82 Å². The predicted molar refractivity (Wildman–Crippen MR) is 77.7 cm³/mol. The maximum absolute atomic E-state index is 11.5. The van der Waals surface area contributed by atoms with Crippen molar-refractivity contribution in [1.29, 1.82) is 0 Å². The SMILES string of the molecule is CCCCC(=O)NCc1noc(-c2ccc(OC)cc2)n1. The zero-order valence-electron chi connectivity index (χ0n) is 12.3. The summed E-state index contributed by atoms with van der Waals surface area (Å²) < 4.78 is 10.3. The number of hydrogen-bond acceptors (Lipinski definition) is 5. The lowest BCUT2D eigenvalue weighted by molar-refractivity contribution is -0.121. The molecule has 112 valence electrons. The molecule has 0 saturated heterocycles. The molecular weight excluding hydrogens is 270 g/mol. The number of carbonyl (C=O) groups excluding carboxylic acids is 1. The van der Waals surface area contributed by atoms with Crippen molar-refractivity contribution in [3.05, 3.63) is 30.1 Å². The zero-order valence-corrected chi connectivity index (χ0v) is 12.3. The van der Waals surface area contributed by atoms with Crippen LogP contribution in [0.25, 0.3) is 11.5 Å². The third-order valence-corrected chi connectivity index (χ3v) is 3.01. The number of aromatic nitrogens is 2. The summed E-state index contributed by atoms with van der Waals surface area (Å²) in [5, 5.41) is 6.63. The lowest BCUT2D eigenvalue weighted by Crippen LogP contribution is -2.22. The van der Waals surface area contributed by atoms with E-state index in [2.05, 4.69) is 15.5 Å². The van der Waals surface area contributed by atoms with E-state index in [9.17, 15) is 4.79 Å². The molecule has 1 N–H and O–H groups in total. The van der Waals surface area contributed by atoms with Crippen LogP contribution in [0.2, 0.25) is 0 Å². The summed E-state index contributed by atoms with van der Waals surface area (Å²) in [5.41, 5.74) is 0.812. The average Bonchev–Trinajstić information content (AvgIpc) is 3.00. The van der Waals surface area contributed by atoms with Crippen LogP contribution in [-0.4, -0.2) is 23.2 Å². The molecular formula is C15H19N3O3. The highest BCUT2D eigenvalue weighted by atomic mass is 16.5. The van der Waals surface area contributed by atoms with Gasteiger partial charge in [0.1, 0.15) is 5.75 Å². The Hall–Kier alpha value is -2.37. The second-order valence-corrected chi connectivity index (χ2v) is 4.62. The minimum absolute atomic E-state index is 0.00708. The van der Waals surface area contributed by atoms with E-state index in [-0.39, 0.29) is 12.5 Å². The molecule has 0 fully saturated rings. The molecule has 0 unspecified atom stereocenters. The summed E-state index contributed by atoms with van der Waals surface area (Å²) in [7, 11) is 1.61. The molecule has 0 bridgehead atoms. The number of carbonyl (C=O) groups is 1. The van der Waals surface area contributed by atoms with Crippen LogP contribution in [0.3, 0.4) is 0 Å². The molecule has 0 aliphatic rings. The van der Waals surface area contributed by atoms with E-state index in [0.29, 0.717) is 18.1 Å². The number of rotatable bonds is 7. The van der Waals surface area contributed by atoms with E-state index in [1.165, 1.54) is 0 Å². The number of methoxy groups -OCH3 is 1. The molecule has 1 aromatic heterocycles. The van der Waals surface area contributed by atoms with Crippen molar-refractivity contribution in [2.45, 2.75) is 32.7 Å². The van der Waals surface area contributed by atoms with E-state index in [4.69, 9.17) is 9.26 Å². The van der Waals surface area contributed by atoms with Crippen LogP contribution >= 0.6 is 0 Å². The van der Waals surface area contributed by atoms with Crippen molar-refractivity contribution in [2.75, 3.05) is 7.11 Å². The molecule has 6 nitrogen and oxygen atoms in total. The van der Waals surface area contributed by atoms with E-state index < -0.39 is 0 Å². The van der Waals surface area contributed by atoms with Crippen LogP contribution in [0.5, 0.6) is 5.75 Å². The first-order valence-electron chi connectivity index (χ1n) is 6.96. The molecule has 2 rings (SSSR count). The molecule has 0 aliphatic carbocycles. The zero-order chi connectivity index (χ0) is 15.1. The normalized spacial score (nSPS) is 10.4. The van der Waals surface area contributed by atoms with Crippen LogP contribution in [-0.2, 0) is 11.3 Å². The maximum atomic E-state index is 11.5. The van der Waals surface area contributed by atoms with Gasteiger partial charge in [0.2, 0.25) is 5.91 Å². The van der Waals surface area contributed by atoms with Gasteiger partial charge < -0.3 is 14.6 Å². The summed E-state index contributed by atoms with van der Waals surface area (Å²) in [5.74, 6) is 1.66. The first-order chi connectivity index (χ1) is 10.2. The van der Waals surface area contributed by atoms with Crippen molar-refractivity contribution in [2.24, 2.45) is 0 Å². The van der Waals surface area contributed by atoms with Gasteiger partial charge >= 0.3 is 0 Å². The summed E-state index contributed by atoms with van der Waals surface area (Å²) in [6, 6.07) is 7.34. The van der Waals surface area contributed by atoms with Crippen LogP contribution in [0.1, 0.15) is 32.0 Å². The Labute approximate surface area is 123 Å². The summed E-state index contributed by atoms with van der Waals surface area (Å²) in [6.07, 6.45) is 2.41. The Bertz CT molecular complexity index is 578. The highest BCUT2D eigenvalue weighted by Gasteiger charge is 2.10. The fourth-order valence-electron chi connectivity index (χ4n) is 1.78. The quantitative estimate of drug-likeness (QED) is 0.847. The standard InChI is InChI=1S/C15H19N3O3/c1-3-4-5-14(19)16-10-13-17-15(21-18-13)11-6-8-12(20-2)9-7-11/h6-9H,3-5,10H2,1-2H3,(H,16,19). The van der Waals surface area contributed by atoms with E-state index >= 15 is 0 Å². The lowest BCUT2D eigenvalue weighted by Gasteiger charge is -2.00. The topological polar surface area (TPSA) is 77.2 Å². The molecule has 2 aromatic rings. The Morgan fingerprint density at radius 3 is 2.76 bits per heavy atom. The molecule has 0 radical (unpaired) electrons. The van der Waals surface area contributed by atoms with Crippen LogP contribution in [0, 0.1) is 0 Å². The van der Waals surface area contributed by atoms with Gasteiger partial charge in [0.05, 0.1) is 13.7 Å². The van der Waals surface area contributed by atoms with Gasteiger partial charge in [-0.15, -0.1) is 0 Å². The maximum Gasteiger partial charge on any atom is 0.257 e. The number of nitrogens with one attached hydrogen (secondary N) is 1. The first-order valence-corrected chi connectivity index (χ1v) is 6.96. The fourth-order valence-corrected chi connectivity index (χ4v) is 1.78. The third-order valence-electron chi connectivity index (χ3n) is 3.01. The van der Waals surface area contributed by atoms with Gasteiger partial charge in [-0.1, -0.05) is 18.5 Å². The molecule has 1 heterocycles. The lowest BCUT2D eigenvalue weighted by atomic mass is 10.2. The van der Waals surface area contributed by atoms with Gasteiger partial charge in [-0.2, -0.15) is 4.98 Å². The first kappa shape index (κ1) is 15.0. The van der Waals surface area contributed by atoms with Crippen molar-refractivity contribution in [3.63, 3.8) is 0 Å². The second kappa shape index (κ2) is 7.42. The van der Waals surface area contributed by atoms with E-state index in [1.807, 2.05) is 31.2 Å². The monoisotopic (exact) mass is 289 g/mol. The van der Waals surface area contributed by atoms with Crippen LogP contribution < -0.4 is 10.1 Å². The number of amides is 1. The summed E-state index contributed by atoms with van der Waals surface area (Å²) >= 11 is 0. The Morgan fingerprint density at radius 2 is 2.10 bits per heavy atom. The Kier molecular flexibility index (Phi) is 5.31. The van der Waals surface area contributed by atoms with Gasteiger partial charge in [-0.25, -0.2) is 0 Å². The number of hydrogen-bond donors (Lipinski definition) is 1. The van der Waals surface area contributed by atoms with Crippen molar-refractivity contribution < 1.29 is 14.1 Å². The Morgan fingerprint density at radius 1 is 1.33 bits per heavy atom. The van der Waals surface area contributed by atoms with Crippen molar-refractivity contribution >= 4 is 5.91 Å². The summed E-state index contributed by atoms with van der Waals surface area (Å²) in [6.45, 7) is 2.33. The van der Waals surface area contributed by atoms with Crippen molar-refractivity contribution in [1.82, 2.24) is 15.5 Å². The fraction of sp³-hybridized carbons (Fsp3) is 0.400. The second-order valence-electron chi connectivity index (χ2n) is 4.62. The van der Waals surface area contributed by atoms with Gasteiger partial charge in [0, 0.05) is 12.0 Å². The molecule has 6 heteroatoms. The average molecular weight is 289 g/mol. The van der Waals surface area contributed by atoms with Gasteiger partial charge in [-0.3, -0.25) is 4.79 Å². The minimum Gasteiger partial charge on any atom is -0.497 e. The molecule has 0 atom stereocenters. The number of benzene rings is 1. The van der Waals surface area contributed by atoms with E-state index in [1.54, 1.807) is 7.11 Å². The summed E-state index contributed by atoms with van der Waals surface area (Å²) in [4.78, 5) is 15.8. The minimum atomic E-state index is 0.00708. The predicted octanol–water partition coefficient (Wildman–Crippen LogP) is 2.55. The largest absolute Gasteiger partial charge is 0.497 e. The van der Waals surface area contributed by atoms with Crippen LogP contribution in [0.15, 0.2) is 28.8 Å². The number of unbranched alkanes of at least 4 members (excludes halogenated alkanes) is 1. The molecule has 21 heavy (non-hydrogen) atoms. The highest BCUT2D eigenvalue weighted by Crippen LogP contribution is 2.20. The molecule has 1 aromatic carbocycles.